The van der Waals surface area contributed by atoms with Crippen LogP contribution in [0.1, 0.15) is 18.0 Å². The van der Waals surface area contributed by atoms with E-state index in [0.29, 0.717) is 29.9 Å². The van der Waals surface area contributed by atoms with E-state index in [4.69, 9.17) is 0 Å². The van der Waals surface area contributed by atoms with E-state index in [9.17, 15) is 14.1 Å². The number of pyridine rings is 1. The molecule has 6 heteroatoms. The molecule has 0 aliphatic carbocycles. The van der Waals surface area contributed by atoms with Gasteiger partial charge in [0.15, 0.2) is 0 Å². The summed E-state index contributed by atoms with van der Waals surface area (Å²) in [5.41, 5.74) is 1.20. The summed E-state index contributed by atoms with van der Waals surface area (Å²) in [6, 6.07) is 5.50. The van der Waals surface area contributed by atoms with Crippen LogP contribution in [0.5, 0.6) is 0 Å². The highest BCUT2D eigenvalue weighted by molar-refractivity contribution is 7.85. The van der Waals surface area contributed by atoms with Crippen molar-refractivity contribution in [3.63, 3.8) is 0 Å². The Morgan fingerprint density at radius 3 is 3.00 bits per heavy atom. The van der Waals surface area contributed by atoms with Crippen LogP contribution >= 0.6 is 0 Å². The number of piperidine rings is 1. The summed E-state index contributed by atoms with van der Waals surface area (Å²) in [6.07, 6.45) is 2.16. The number of aliphatic hydroxyl groups excluding tert-OH is 1. The Kier molecular flexibility index (Phi) is 5.14. The second-order valence-electron chi connectivity index (χ2n) is 6.63. The molecule has 0 aromatic carbocycles. The van der Waals surface area contributed by atoms with E-state index in [-0.39, 0.29) is 5.56 Å². The normalized spacial score (nSPS) is 26.3. The molecular weight excluding hydrogens is 312 g/mol. The van der Waals surface area contributed by atoms with E-state index in [1.807, 2.05) is 16.7 Å². The number of aliphatic hydroxyl groups is 1. The largest absolute Gasteiger partial charge is 0.391 e. The maximum absolute atomic E-state index is 12.0. The average molecular weight is 336 g/mol. The molecule has 0 saturated carbocycles. The highest BCUT2D eigenvalue weighted by atomic mass is 32.2. The number of nitrogens with zero attached hydrogens (tertiary/aromatic N) is 2. The number of hydrogen-bond donors (Lipinski definition) is 1. The molecule has 2 aliphatic rings. The second kappa shape index (κ2) is 7.11. The minimum Gasteiger partial charge on any atom is -0.391 e. The molecule has 0 radical (unpaired) electrons. The van der Waals surface area contributed by atoms with Crippen LogP contribution in [0.3, 0.4) is 0 Å². The standard InChI is InChI=1S/C17H24N2O3S/c1-2-6-23(22)12-15(20)11-18-8-13-7-14(10-18)16-4-3-5-17(21)19(16)9-13/h2-5,13-15,20H,1,6-12H2/t13-,14-,15+,23+/m0/s1. The average Bonchev–Trinajstić information content (AvgIpc) is 2.48. The molecule has 3 heterocycles. The van der Waals surface area contributed by atoms with Gasteiger partial charge in [0.2, 0.25) is 0 Å². The third-order valence-electron chi connectivity index (χ3n) is 4.71. The fourth-order valence-electron chi connectivity index (χ4n) is 3.91. The zero-order valence-electron chi connectivity index (χ0n) is 13.3. The molecule has 1 fully saturated rings. The third-order valence-corrected chi connectivity index (χ3v) is 6.07. The van der Waals surface area contributed by atoms with Gasteiger partial charge in [-0.15, -0.1) is 6.58 Å². The van der Waals surface area contributed by atoms with Gasteiger partial charge >= 0.3 is 0 Å². The minimum atomic E-state index is -1.04. The first-order chi connectivity index (χ1) is 11.1. The monoisotopic (exact) mass is 336 g/mol. The van der Waals surface area contributed by atoms with Crippen LogP contribution < -0.4 is 5.56 Å². The van der Waals surface area contributed by atoms with Crippen molar-refractivity contribution in [1.82, 2.24) is 9.47 Å². The van der Waals surface area contributed by atoms with Crippen molar-refractivity contribution in [2.24, 2.45) is 5.92 Å². The van der Waals surface area contributed by atoms with Crippen LogP contribution in [0.4, 0.5) is 0 Å². The van der Waals surface area contributed by atoms with Crippen LogP contribution in [0, 0.1) is 5.92 Å². The quantitative estimate of drug-likeness (QED) is 0.771. The van der Waals surface area contributed by atoms with Gasteiger partial charge < -0.3 is 9.67 Å². The number of likely N-dealkylation sites (tertiary alicyclic amines) is 1. The molecule has 2 bridgehead atoms. The van der Waals surface area contributed by atoms with Crippen LogP contribution in [0.25, 0.3) is 0 Å². The Hall–Kier alpha value is -1.24. The van der Waals surface area contributed by atoms with E-state index in [1.54, 1.807) is 12.1 Å². The topological polar surface area (TPSA) is 62.5 Å². The van der Waals surface area contributed by atoms with Crippen molar-refractivity contribution in [3.8, 4) is 0 Å². The molecule has 1 aromatic heterocycles. The van der Waals surface area contributed by atoms with Gasteiger partial charge in [0.1, 0.15) is 0 Å². The highest BCUT2D eigenvalue weighted by Crippen LogP contribution is 2.34. The maximum atomic E-state index is 12.0. The van der Waals surface area contributed by atoms with Crippen molar-refractivity contribution in [3.05, 3.63) is 46.9 Å². The molecule has 0 spiro atoms. The van der Waals surface area contributed by atoms with Crippen LogP contribution in [0.2, 0.25) is 0 Å². The molecule has 23 heavy (non-hydrogen) atoms. The van der Waals surface area contributed by atoms with Gasteiger partial charge in [0.05, 0.1) is 11.9 Å². The highest BCUT2D eigenvalue weighted by Gasteiger charge is 2.34. The van der Waals surface area contributed by atoms with Gasteiger partial charge in [-0.25, -0.2) is 0 Å². The predicted octanol–water partition coefficient (Wildman–Crippen LogP) is 0.563. The Morgan fingerprint density at radius 2 is 2.22 bits per heavy atom. The van der Waals surface area contributed by atoms with Crippen molar-refractivity contribution < 1.29 is 9.32 Å². The molecule has 0 unspecified atom stereocenters. The van der Waals surface area contributed by atoms with Crippen molar-refractivity contribution in [2.75, 3.05) is 31.1 Å². The van der Waals surface area contributed by atoms with Gasteiger partial charge in [0.25, 0.3) is 5.56 Å². The van der Waals surface area contributed by atoms with E-state index < -0.39 is 16.9 Å². The maximum Gasteiger partial charge on any atom is 0.250 e. The molecular formula is C17H24N2O3S. The lowest BCUT2D eigenvalue weighted by Crippen LogP contribution is -2.49. The van der Waals surface area contributed by atoms with E-state index in [2.05, 4.69) is 11.5 Å². The predicted molar refractivity (Wildman–Crippen MR) is 92.1 cm³/mol. The lowest BCUT2D eigenvalue weighted by molar-refractivity contribution is 0.0714. The van der Waals surface area contributed by atoms with Gasteiger partial charge in [-0.1, -0.05) is 12.1 Å². The molecule has 2 aliphatic heterocycles. The van der Waals surface area contributed by atoms with Crippen molar-refractivity contribution in [2.45, 2.75) is 25.0 Å². The smallest absolute Gasteiger partial charge is 0.250 e. The Morgan fingerprint density at radius 1 is 1.39 bits per heavy atom. The van der Waals surface area contributed by atoms with Crippen molar-refractivity contribution in [1.29, 1.82) is 0 Å². The summed E-state index contributed by atoms with van der Waals surface area (Å²) in [5.74, 6) is 1.53. The number of β-amino-alcohol motifs (C(OH)–C–C–N with tert-alkyl or cyclic N) is 1. The van der Waals surface area contributed by atoms with Gasteiger partial charge in [0, 0.05) is 60.4 Å². The van der Waals surface area contributed by atoms with E-state index >= 15 is 0 Å². The number of hydrogen-bond acceptors (Lipinski definition) is 4. The molecule has 1 N–H and O–H groups in total. The summed E-state index contributed by atoms with van der Waals surface area (Å²) in [6.45, 7) is 6.63. The van der Waals surface area contributed by atoms with Gasteiger partial charge in [-0.3, -0.25) is 13.9 Å². The molecule has 4 atom stereocenters. The minimum absolute atomic E-state index is 0.0884. The SMILES string of the molecule is C=CC[S@@](=O)C[C@H](O)CN1C[C@@H]2C[C@@H](C1)c1cccc(=O)n1C2. The van der Waals surface area contributed by atoms with E-state index in [1.165, 1.54) is 0 Å². The van der Waals surface area contributed by atoms with Gasteiger partial charge in [-0.05, 0) is 18.4 Å². The summed E-state index contributed by atoms with van der Waals surface area (Å²) in [5, 5.41) is 10.2. The Bertz CT molecular complexity index is 657. The molecule has 0 amide bonds. The fraction of sp³-hybridized carbons (Fsp3) is 0.588. The first-order valence-electron chi connectivity index (χ1n) is 8.13. The fourth-order valence-corrected chi connectivity index (χ4v) is 4.84. The molecule has 1 aromatic rings. The number of rotatable bonds is 6. The summed E-state index contributed by atoms with van der Waals surface area (Å²) in [7, 11) is -1.04. The zero-order chi connectivity index (χ0) is 16.4. The summed E-state index contributed by atoms with van der Waals surface area (Å²) in [4.78, 5) is 14.3. The molecule has 1 saturated heterocycles. The summed E-state index contributed by atoms with van der Waals surface area (Å²) >= 11 is 0. The molecule has 3 rings (SSSR count). The van der Waals surface area contributed by atoms with Crippen molar-refractivity contribution >= 4 is 10.8 Å². The zero-order valence-corrected chi connectivity index (χ0v) is 14.1. The van der Waals surface area contributed by atoms with Crippen LogP contribution in [0.15, 0.2) is 35.6 Å². The van der Waals surface area contributed by atoms with Crippen LogP contribution in [-0.4, -0.2) is 56.0 Å². The number of fused-ring (bicyclic) bond motifs is 4. The Labute approximate surface area is 139 Å². The summed E-state index contributed by atoms with van der Waals surface area (Å²) < 4.78 is 13.6. The third kappa shape index (κ3) is 3.82. The second-order valence-corrected chi connectivity index (χ2v) is 8.18. The van der Waals surface area contributed by atoms with Crippen LogP contribution in [-0.2, 0) is 17.3 Å². The Balaban J connectivity index is 1.65. The molecule has 5 nitrogen and oxygen atoms in total. The first-order valence-corrected chi connectivity index (χ1v) is 9.61. The lowest BCUT2D eigenvalue weighted by Gasteiger charge is -2.43. The van der Waals surface area contributed by atoms with Gasteiger partial charge in [-0.2, -0.15) is 0 Å². The lowest BCUT2D eigenvalue weighted by atomic mass is 9.83. The molecule has 126 valence electrons. The first kappa shape index (κ1) is 16.6. The number of aromatic nitrogens is 1. The van der Waals surface area contributed by atoms with E-state index in [0.717, 1.165) is 31.7 Å².